The van der Waals surface area contributed by atoms with Crippen LogP contribution in [-0.2, 0) is 9.53 Å². The highest BCUT2D eigenvalue weighted by atomic mass is 16.6. The van der Waals surface area contributed by atoms with Crippen LogP contribution in [0.25, 0.3) is 0 Å². The maximum atomic E-state index is 11.6. The molecule has 0 saturated heterocycles. The monoisotopic (exact) mass is 303 g/mol. The van der Waals surface area contributed by atoms with Gasteiger partial charge in [0, 0.05) is 12.1 Å². The van der Waals surface area contributed by atoms with E-state index in [1.165, 1.54) is 0 Å². The number of carboxylic acid groups (broad SMARTS) is 1. The number of rotatable bonds is 5. The van der Waals surface area contributed by atoms with Gasteiger partial charge in [-0.15, -0.1) is 12.3 Å². The van der Waals surface area contributed by atoms with Gasteiger partial charge in [-0.25, -0.2) is 4.79 Å². The first-order valence-electron chi connectivity index (χ1n) is 6.99. The van der Waals surface area contributed by atoms with E-state index in [9.17, 15) is 14.7 Å². The lowest BCUT2D eigenvalue weighted by atomic mass is 9.94. The number of anilines is 1. The zero-order valence-electron chi connectivity index (χ0n) is 13.1. The van der Waals surface area contributed by atoms with Gasteiger partial charge in [0.1, 0.15) is 5.60 Å². The van der Waals surface area contributed by atoms with Crippen LogP contribution in [0.1, 0.15) is 45.1 Å². The molecular formula is C17H21NO4. The van der Waals surface area contributed by atoms with E-state index in [1.807, 2.05) is 0 Å². The Bertz CT molecular complexity index is 564. The first kappa shape index (κ1) is 17.6. The van der Waals surface area contributed by atoms with Gasteiger partial charge in [-0.05, 0) is 44.9 Å². The van der Waals surface area contributed by atoms with Crippen molar-refractivity contribution < 1.29 is 19.4 Å². The predicted octanol–water partition coefficient (Wildman–Crippen LogP) is 3.62. The van der Waals surface area contributed by atoms with Crippen LogP contribution in [0, 0.1) is 12.3 Å². The first-order chi connectivity index (χ1) is 10.2. The van der Waals surface area contributed by atoms with Crippen LogP contribution in [0.15, 0.2) is 24.3 Å². The molecule has 0 aliphatic heterocycles. The number of hydrogen-bond donors (Lipinski definition) is 2. The number of carbonyl (C=O) groups is 2. The number of benzene rings is 1. The lowest BCUT2D eigenvalue weighted by Gasteiger charge is -2.19. The second kappa shape index (κ2) is 7.51. The van der Waals surface area contributed by atoms with Crippen molar-refractivity contribution in [1.82, 2.24) is 0 Å². The molecule has 1 atom stereocenters. The van der Waals surface area contributed by atoms with E-state index in [0.29, 0.717) is 24.1 Å². The van der Waals surface area contributed by atoms with E-state index in [2.05, 4.69) is 11.2 Å². The molecule has 1 amide bonds. The van der Waals surface area contributed by atoms with Crippen molar-refractivity contribution >= 4 is 17.7 Å². The molecule has 0 aromatic heterocycles. The molecule has 0 saturated carbocycles. The van der Waals surface area contributed by atoms with Crippen molar-refractivity contribution in [3.8, 4) is 12.3 Å². The van der Waals surface area contributed by atoms with Crippen LogP contribution in [0.2, 0.25) is 0 Å². The Hall–Kier alpha value is -2.48. The predicted molar refractivity (Wildman–Crippen MR) is 84.7 cm³/mol. The van der Waals surface area contributed by atoms with E-state index in [1.54, 1.807) is 45.0 Å². The van der Waals surface area contributed by atoms with Crippen LogP contribution < -0.4 is 5.32 Å². The number of ether oxygens (including phenoxy) is 1. The third-order valence-electron chi connectivity index (χ3n) is 2.83. The molecule has 1 rings (SSSR count). The maximum absolute atomic E-state index is 11.6. The highest BCUT2D eigenvalue weighted by Gasteiger charge is 2.19. The molecular weight excluding hydrogens is 282 g/mol. The summed E-state index contributed by atoms with van der Waals surface area (Å²) >= 11 is 0. The summed E-state index contributed by atoms with van der Waals surface area (Å²) < 4.78 is 5.14. The van der Waals surface area contributed by atoms with Crippen molar-refractivity contribution in [2.75, 3.05) is 5.32 Å². The second-order valence-electron chi connectivity index (χ2n) is 5.88. The lowest BCUT2D eigenvalue weighted by molar-refractivity contribution is -0.138. The Balaban J connectivity index is 2.75. The number of nitrogens with one attached hydrogen (secondary N) is 1. The number of carbonyl (C=O) groups excluding carboxylic acids is 1. The zero-order valence-corrected chi connectivity index (χ0v) is 13.1. The fraction of sp³-hybridized carbons (Fsp3) is 0.412. The summed E-state index contributed by atoms with van der Waals surface area (Å²) in [6.07, 6.45) is 5.40. The highest BCUT2D eigenvalue weighted by molar-refractivity contribution is 5.85. The van der Waals surface area contributed by atoms with Gasteiger partial charge in [-0.3, -0.25) is 10.1 Å². The van der Waals surface area contributed by atoms with Gasteiger partial charge in [0.15, 0.2) is 0 Å². The van der Waals surface area contributed by atoms with Gasteiger partial charge in [0.2, 0.25) is 0 Å². The average molecular weight is 303 g/mol. The molecule has 22 heavy (non-hydrogen) atoms. The van der Waals surface area contributed by atoms with Crippen molar-refractivity contribution in [3.63, 3.8) is 0 Å². The van der Waals surface area contributed by atoms with Crippen LogP contribution in [0.3, 0.4) is 0 Å². The summed E-state index contributed by atoms with van der Waals surface area (Å²) in [6.45, 7) is 5.33. The van der Waals surface area contributed by atoms with Gasteiger partial charge in [0.05, 0.1) is 5.92 Å². The Labute approximate surface area is 130 Å². The fourth-order valence-corrected chi connectivity index (χ4v) is 1.88. The minimum absolute atomic E-state index is 0.380. The standard InChI is InChI=1S/C17H21NO4/c1-5-6-7-14(15(19)20)12-8-10-13(11-9-12)18-16(21)22-17(2,3)4/h1,8-11,14H,6-7H2,2-4H3,(H,18,21)(H,19,20)/t14-/m1/s1. The van der Waals surface area contributed by atoms with Crippen LogP contribution in [0.4, 0.5) is 10.5 Å². The van der Waals surface area contributed by atoms with Crippen molar-refractivity contribution in [1.29, 1.82) is 0 Å². The molecule has 0 spiro atoms. The summed E-state index contributed by atoms with van der Waals surface area (Å²) in [4.78, 5) is 22.9. The summed E-state index contributed by atoms with van der Waals surface area (Å²) in [5.74, 6) is 0.885. The molecule has 1 aromatic rings. The van der Waals surface area contributed by atoms with E-state index in [0.717, 1.165) is 0 Å². The van der Waals surface area contributed by atoms with Gasteiger partial charge in [-0.2, -0.15) is 0 Å². The summed E-state index contributed by atoms with van der Waals surface area (Å²) in [6, 6.07) is 6.63. The van der Waals surface area contributed by atoms with Crippen molar-refractivity contribution in [3.05, 3.63) is 29.8 Å². The normalized spacial score (nSPS) is 12.1. The van der Waals surface area contributed by atoms with Gasteiger partial charge < -0.3 is 9.84 Å². The number of terminal acetylenes is 1. The summed E-state index contributed by atoms with van der Waals surface area (Å²) in [5, 5.41) is 11.8. The van der Waals surface area contributed by atoms with E-state index >= 15 is 0 Å². The van der Waals surface area contributed by atoms with E-state index in [-0.39, 0.29) is 0 Å². The SMILES string of the molecule is C#CCC[C@@H](C(=O)O)c1ccc(NC(=O)OC(C)(C)C)cc1. The summed E-state index contributed by atoms with van der Waals surface area (Å²) in [5.41, 5.74) is 0.616. The highest BCUT2D eigenvalue weighted by Crippen LogP contribution is 2.23. The minimum Gasteiger partial charge on any atom is -0.481 e. The Morgan fingerprint density at radius 1 is 1.32 bits per heavy atom. The molecule has 0 radical (unpaired) electrons. The Kier molecular flexibility index (Phi) is 6.00. The smallest absolute Gasteiger partial charge is 0.412 e. The maximum Gasteiger partial charge on any atom is 0.412 e. The molecule has 118 valence electrons. The molecule has 5 nitrogen and oxygen atoms in total. The van der Waals surface area contributed by atoms with E-state index in [4.69, 9.17) is 11.2 Å². The van der Waals surface area contributed by atoms with Crippen molar-refractivity contribution in [2.45, 2.75) is 45.1 Å². The Morgan fingerprint density at radius 2 is 1.91 bits per heavy atom. The summed E-state index contributed by atoms with van der Waals surface area (Å²) in [7, 11) is 0. The Morgan fingerprint density at radius 3 is 2.36 bits per heavy atom. The average Bonchev–Trinajstić information content (AvgIpc) is 2.38. The van der Waals surface area contributed by atoms with Crippen molar-refractivity contribution in [2.24, 2.45) is 0 Å². The molecule has 0 aliphatic carbocycles. The number of aliphatic carboxylic acids is 1. The molecule has 0 bridgehead atoms. The topological polar surface area (TPSA) is 75.6 Å². The molecule has 0 aliphatic rings. The second-order valence-corrected chi connectivity index (χ2v) is 5.88. The third-order valence-corrected chi connectivity index (χ3v) is 2.83. The van der Waals surface area contributed by atoms with Crippen LogP contribution in [-0.4, -0.2) is 22.8 Å². The number of amides is 1. The van der Waals surface area contributed by atoms with Gasteiger partial charge in [-0.1, -0.05) is 12.1 Å². The fourth-order valence-electron chi connectivity index (χ4n) is 1.88. The van der Waals surface area contributed by atoms with Crippen LogP contribution >= 0.6 is 0 Å². The molecule has 0 unspecified atom stereocenters. The lowest BCUT2D eigenvalue weighted by Crippen LogP contribution is -2.27. The quantitative estimate of drug-likeness (QED) is 0.815. The first-order valence-corrected chi connectivity index (χ1v) is 6.99. The largest absolute Gasteiger partial charge is 0.481 e. The molecule has 2 N–H and O–H groups in total. The zero-order chi connectivity index (χ0) is 16.8. The molecule has 5 heteroatoms. The number of carboxylic acids is 1. The van der Waals surface area contributed by atoms with Crippen LogP contribution in [0.5, 0.6) is 0 Å². The van der Waals surface area contributed by atoms with E-state index < -0.39 is 23.6 Å². The molecule has 0 heterocycles. The third kappa shape index (κ3) is 5.88. The molecule has 0 fully saturated rings. The minimum atomic E-state index is -0.914. The number of hydrogen-bond acceptors (Lipinski definition) is 3. The van der Waals surface area contributed by atoms with Gasteiger partial charge >= 0.3 is 12.1 Å². The van der Waals surface area contributed by atoms with Gasteiger partial charge in [0.25, 0.3) is 0 Å². The molecule has 1 aromatic carbocycles.